The summed E-state index contributed by atoms with van der Waals surface area (Å²) in [5.41, 5.74) is 7.28. The fourth-order valence-electron chi connectivity index (χ4n) is 1.34. The van der Waals surface area contributed by atoms with E-state index in [1.807, 2.05) is 0 Å². The number of rotatable bonds is 4. The van der Waals surface area contributed by atoms with E-state index in [1.54, 1.807) is 31.2 Å². The summed E-state index contributed by atoms with van der Waals surface area (Å²) in [5, 5.41) is 0. The van der Waals surface area contributed by atoms with Gasteiger partial charge in [0.15, 0.2) is 5.78 Å². The second kappa shape index (κ2) is 5.84. The Bertz CT molecular complexity index is 464. The van der Waals surface area contributed by atoms with E-state index in [2.05, 4.69) is 0 Å². The minimum Gasteiger partial charge on any atom is -0.463 e. The van der Waals surface area contributed by atoms with Crippen LogP contribution in [0.2, 0.25) is 0 Å². The highest BCUT2D eigenvalue weighted by Gasteiger charge is 2.04. The fourth-order valence-corrected chi connectivity index (χ4v) is 1.34. The molecule has 90 valence electrons. The standard InChI is InChI=1S/C13H15NO3/c1-3-17-13(16)7-5-10-4-6-12(14)11(8-10)9(2)15/h4-8H,3,14H2,1-2H3. The van der Waals surface area contributed by atoms with Gasteiger partial charge in [-0.3, -0.25) is 4.79 Å². The van der Waals surface area contributed by atoms with Gasteiger partial charge in [-0.1, -0.05) is 6.07 Å². The van der Waals surface area contributed by atoms with Gasteiger partial charge in [-0.05, 0) is 37.6 Å². The molecule has 4 heteroatoms. The topological polar surface area (TPSA) is 69.4 Å². The first-order valence-corrected chi connectivity index (χ1v) is 5.30. The van der Waals surface area contributed by atoms with E-state index in [1.165, 1.54) is 13.0 Å². The first-order chi connectivity index (χ1) is 8.04. The van der Waals surface area contributed by atoms with E-state index < -0.39 is 5.97 Å². The summed E-state index contributed by atoms with van der Waals surface area (Å²) in [5.74, 6) is -0.511. The Labute approximate surface area is 100 Å². The molecule has 1 rings (SSSR count). The van der Waals surface area contributed by atoms with Gasteiger partial charge in [-0.15, -0.1) is 0 Å². The van der Waals surface area contributed by atoms with Gasteiger partial charge in [0.05, 0.1) is 6.61 Å². The van der Waals surface area contributed by atoms with Gasteiger partial charge >= 0.3 is 5.97 Å². The molecule has 0 aliphatic heterocycles. The number of nitrogen functional groups attached to an aromatic ring is 1. The maximum atomic E-state index is 11.3. The van der Waals surface area contributed by atoms with Crippen molar-refractivity contribution in [1.82, 2.24) is 0 Å². The van der Waals surface area contributed by atoms with Crippen LogP contribution in [0.1, 0.15) is 29.8 Å². The number of ketones is 1. The van der Waals surface area contributed by atoms with Crippen LogP contribution in [-0.4, -0.2) is 18.4 Å². The molecule has 0 aromatic heterocycles. The van der Waals surface area contributed by atoms with Gasteiger partial charge < -0.3 is 10.5 Å². The van der Waals surface area contributed by atoms with Crippen molar-refractivity contribution in [2.45, 2.75) is 13.8 Å². The van der Waals surface area contributed by atoms with E-state index in [-0.39, 0.29) is 5.78 Å². The lowest BCUT2D eigenvalue weighted by molar-refractivity contribution is -0.137. The smallest absolute Gasteiger partial charge is 0.330 e. The number of hydrogen-bond acceptors (Lipinski definition) is 4. The van der Waals surface area contributed by atoms with Crippen molar-refractivity contribution in [1.29, 1.82) is 0 Å². The van der Waals surface area contributed by atoms with Crippen LogP contribution < -0.4 is 5.73 Å². The third-order valence-corrected chi connectivity index (χ3v) is 2.16. The van der Waals surface area contributed by atoms with E-state index in [0.29, 0.717) is 17.9 Å². The van der Waals surface area contributed by atoms with Crippen LogP contribution in [0.4, 0.5) is 5.69 Å². The molecular weight excluding hydrogens is 218 g/mol. The second-order valence-electron chi connectivity index (χ2n) is 3.49. The predicted molar refractivity (Wildman–Crippen MR) is 66.5 cm³/mol. The van der Waals surface area contributed by atoms with Crippen molar-refractivity contribution in [2.75, 3.05) is 12.3 Å². The Balaban J connectivity index is 2.89. The average Bonchev–Trinajstić information content (AvgIpc) is 2.28. The van der Waals surface area contributed by atoms with Gasteiger partial charge in [-0.2, -0.15) is 0 Å². The van der Waals surface area contributed by atoms with Crippen LogP contribution in [0, 0.1) is 0 Å². The Hall–Kier alpha value is -2.10. The lowest BCUT2D eigenvalue weighted by Gasteiger charge is -2.02. The number of hydrogen-bond donors (Lipinski definition) is 1. The van der Waals surface area contributed by atoms with E-state index in [4.69, 9.17) is 10.5 Å². The summed E-state index contributed by atoms with van der Waals surface area (Å²) >= 11 is 0. The normalized spacial score (nSPS) is 10.5. The zero-order valence-electron chi connectivity index (χ0n) is 9.90. The third-order valence-electron chi connectivity index (χ3n) is 2.16. The molecule has 0 bridgehead atoms. The maximum absolute atomic E-state index is 11.3. The predicted octanol–water partition coefficient (Wildman–Crippen LogP) is 2.05. The largest absolute Gasteiger partial charge is 0.463 e. The van der Waals surface area contributed by atoms with Gasteiger partial charge in [0.2, 0.25) is 0 Å². The van der Waals surface area contributed by atoms with Crippen molar-refractivity contribution >= 4 is 23.5 Å². The minimum atomic E-state index is -0.409. The molecule has 0 radical (unpaired) electrons. The van der Waals surface area contributed by atoms with Gasteiger partial charge in [0, 0.05) is 17.3 Å². The highest BCUT2D eigenvalue weighted by atomic mass is 16.5. The Morgan fingerprint density at radius 1 is 1.41 bits per heavy atom. The summed E-state index contributed by atoms with van der Waals surface area (Å²) in [4.78, 5) is 22.4. The Morgan fingerprint density at radius 3 is 2.71 bits per heavy atom. The summed E-state index contributed by atoms with van der Waals surface area (Å²) in [6.45, 7) is 3.52. The van der Waals surface area contributed by atoms with Gasteiger partial charge in [0.1, 0.15) is 0 Å². The SMILES string of the molecule is CCOC(=O)C=Cc1ccc(N)c(C(C)=O)c1. The molecule has 0 saturated carbocycles. The number of Topliss-reactive ketones (excluding diaryl/α,β-unsaturated/α-hetero) is 1. The maximum Gasteiger partial charge on any atom is 0.330 e. The summed E-state index contributed by atoms with van der Waals surface area (Å²) < 4.78 is 4.75. The zero-order valence-corrected chi connectivity index (χ0v) is 9.90. The second-order valence-corrected chi connectivity index (χ2v) is 3.49. The molecule has 0 atom stereocenters. The number of benzene rings is 1. The lowest BCUT2D eigenvalue weighted by Crippen LogP contribution is -2.00. The molecule has 0 unspecified atom stereocenters. The summed E-state index contributed by atoms with van der Waals surface area (Å²) in [6.07, 6.45) is 2.91. The molecule has 0 saturated heterocycles. The lowest BCUT2D eigenvalue weighted by atomic mass is 10.1. The molecule has 0 aliphatic rings. The van der Waals surface area contributed by atoms with Gasteiger partial charge in [0.25, 0.3) is 0 Å². The fraction of sp³-hybridized carbons (Fsp3) is 0.231. The molecule has 4 nitrogen and oxygen atoms in total. The van der Waals surface area contributed by atoms with Crippen LogP contribution in [0.3, 0.4) is 0 Å². The van der Waals surface area contributed by atoms with Crippen LogP contribution in [0.15, 0.2) is 24.3 Å². The summed E-state index contributed by atoms with van der Waals surface area (Å²) in [7, 11) is 0. The number of nitrogens with two attached hydrogens (primary N) is 1. The molecule has 17 heavy (non-hydrogen) atoms. The molecule has 1 aromatic rings. The quantitative estimate of drug-likeness (QED) is 0.374. The molecule has 1 aromatic carbocycles. The molecule has 2 N–H and O–H groups in total. The first-order valence-electron chi connectivity index (χ1n) is 5.30. The van der Waals surface area contributed by atoms with Crippen LogP contribution >= 0.6 is 0 Å². The van der Waals surface area contributed by atoms with Crippen LogP contribution in [-0.2, 0) is 9.53 Å². The van der Waals surface area contributed by atoms with Crippen LogP contribution in [0.5, 0.6) is 0 Å². The average molecular weight is 233 g/mol. The number of carbonyl (C=O) groups is 2. The molecular formula is C13H15NO3. The Morgan fingerprint density at radius 2 is 2.12 bits per heavy atom. The van der Waals surface area contributed by atoms with Crippen LogP contribution in [0.25, 0.3) is 6.08 Å². The zero-order chi connectivity index (χ0) is 12.8. The first kappa shape index (κ1) is 13.0. The van der Waals surface area contributed by atoms with E-state index >= 15 is 0 Å². The number of anilines is 1. The van der Waals surface area contributed by atoms with Crippen molar-refractivity contribution in [2.24, 2.45) is 0 Å². The van der Waals surface area contributed by atoms with Crippen molar-refractivity contribution in [3.05, 3.63) is 35.4 Å². The van der Waals surface area contributed by atoms with Gasteiger partial charge in [-0.25, -0.2) is 4.79 Å². The van der Waals surface area contributed by atoms with Crippen molar-refractivity contribution in [3.63, 3.8) is 0 Å². The highest BCUT2D eigenvalue weighted by Crippen LogP contribution is 2.15. The molecule has 0 amide bonds. The number of carbonyl (C=O) groups excluding carboxylic acids is 2. The molecule has 0 fully saturated rings. The summed E-state index contributed by atoms with van der Waals surface area (Å²) in [6, 6.07) is 5.02. The van der Waals surface area contributed by atoms with Crippen molar-refractivity contribution in [3.8, 4) is 0 Å². The van der Waals surface area contributed by atoms with Crippen molar-refractivity contribution < 1.29 is 14.3 Å². The monoisotopic (exact) mass is 233 g/mol. The highest BCUT2D eigenvalue weighted by molar-refractivity contribution is 5.99. The van der Waals surface area contributed by atoms with E-state index in [9.17, 15) is 9.59 Å². The minimum absolute atomic E-state index is 0.103. The number of ether oxygens (including phenoxy) is 1. The molecule has 0 heterocycles. The third kappa shape index (κ3) is 3.75. The molecule has 0 spiro atoms. The molecule has 0 aliphatic carbocycles. The van der Waals surface area contributed by atoms with E-state index in [0.717, 1.165) is 5.56 Å². The Kier molecular flexibility index (Phi) is 4.46. The number of esters is 1.